The van der Waals surface area contributed by atoms with Crippen LogP contribution in [0.4, 0.5) is 0 Å². The van der Waals surface area contributed by atoms with E-state index in [-0.39, 0.29) is 0 Å². The van der Waals surface area contributed by atoms with Crippen molar-refractivity contribution < 1.29 is 9.47 Å². The number of nitrogens with zero attached hydrogens (tertiary/aromatic N) is 1. The molecule has 0 saturated heterocycles. The highest BCUT2D eigenvalue weighted by atomic mass is 32.1. The van der Waals surface area contributed by atoms with Gasteiger partial charge in [0.25, 0.3) is 0 Å². The molecule has 1 aromatic carbocycles. The predicted octanol–water partition coefficient (Wildman–Crippen LogP) is 3.01. The quantitative estimate of drug-likeness (QED) is 0.852. The Balaban J connectivity index is 2.09. The number of thiazole rings is 1. The molecule has 0 fully saturated rings. The summed E-state index contributed by atoms with van der Waals surface area (Å²) in [5.41, 5.74) is 2.09. The van der Waals surface area contributed by atoms with Crippen molar-refractivity contribution in [2.45, 2.75) is 26.5 Å². The molecule has 0 spiro atoms. The number of methoxy groups -OCH3 is 1. The van der Waals surface area contributed by atoms with Gasteiger partial charge >= 0.3 is 0 Å². The number of ether oxygens (including phenoxy) is 2. The summed E-state index contributed by atoms with van der Waals surface area (Å²) < 4.78 is 11.1. The molecular formula is C15H20N2O2S. The van der Waals surface area contributed by atoms with Crippen LogP contribution in [-0.2, 0) is 19.6 Å². The molecule has 1 heterocycles. The highest BCUT2D eigenvalue weighted by Gasteiger charge is 2.07. The van der Waals surface area contributed by atoms with Gasteiger partial charge in [-0.2, -0.15) is 0 Å². The molecule has 5 heteroatoms. The standard InChI is InChI=1S/C15H20N2O2S/c1-4-15-17-12(10-20-15)9-19-14-7-13(18-3)6-5-11(14)8-16-2/h5-7,10,16H,4,8-9H2,1-3H3. The smallest absolute Gasteiger partial charge is 0.131 e. The van der Waals surface area contributed by atoms with Gasteiger partial charge in [0.1, 0.15) is 18.1 Å². The van der Waals surface area contributed by atoms with Gasteiger partial charge in [-0.05, 0) is 19.5 Å². The van der Waals surface area contributed by atoms with Crippen LogP contribution in [0.2, 0.25) is 0 Å². The van der Waals surface area contributed by atoms with E-state index in [1.54, 1.807) is 18.4 Å². The molecule has 2 rings (SSSR count). The van der Waals surface area contributed by atoms with Crippen molar-refractivity contribution in [1.82, 2.24) is 10.3 Å². The summed E-state index contributed by atoms with van der Waals surface area (Å²) in [5, 5.41) is 6.33. The van der Waals surface area contributed by atoms with Crippen molar-refractivity contribution in [1.29, 1.82) is 0 Å². The fourth-order valence-corrected chi connectivity index (χ4v) is 2.59. The van der Waals surface area contributed by atoms with Gasteiger partial charge in [0.2, 0.25) is 0 Å². The molecule has 0 aliphatic carbocycles. The molecule has 1 aromatic heterocycles. The summed E-state index contributed by atoms with van der Waals surface area (Å²) in [4.78, 5) is 4.51. The minimum Gasteiger partial charge on any atom is -0.497 e. The fourth-order valence-electron chi connectivity index (χ4n) is 1.86. The SMILES string of the molecule is CCc1nc(COc2cc(OC)ccc2CNC)cs1. The summed E-state index contributed by atoms with van der Waals surface area (Å²) in [7, 11) is 3.58. The Morgan fingerprint density at radius 3 is 2.85 bits per heavy atom. The molecule has 1 N–H and O–H groups in total. The minimum absolute atomic E-state index is 0.486. The highest BCUT2D eigenvalue weighted by Crippen LogP contribution is 2.26. The Kier molecular flexibility index (Phi) is 5.38. The minimum atomic E-state index is 0.486. The van der Waals surface area contributed by atoms with E-state index >= 15 is 0 Å². The number of aryl methyl sites for hydroxylation is 1. The monoisotopic (exact) mass is 292 g/mol. The third kappa shape index (κ3) is 3.71. The summed E-state index contributed by atoms with van der Waals surface area (Å²) >= 11 is 1.68. The fraction of sp³-hybridized carbons (Fsp3) is 0.400. The van der Waals surface area contributed by atoms with Gasteiger partial charge in [-0.15, -0.1) is 11.3 Å². The van der Waals surface area contributed by atoms with Gasteiger partial charge in [0.05, 0.1) is 17.8 Å². The normalized spacial score (nSPS) is 10.6. The molecule has 20 heavy (non-hydrogen) atoms. The topological polar surface area (TPSA) is 43.4 Å². The van der Waals surface area contributed by atoms with E-state index in [4.69, 9.17) is 9.47 Å². The van der Waals surface area contributed by atoms with Gasteiger partial charge in [-0.3, -0.25) is 0 Å². The first-order valence-corrected chi connectivity index (χ1v) is 7.52. The Hall–Kier alpha value is -1.59. The van der Waals surface area contributed by atoms with E-state index in [0.29, 0.717) is 6.61 Å². The van der Waals surface area contributed by atoms with Gasteiger partial charge in [0, 0.05) is 23.6 Å². The number of nitrogens with one attached hydrogen (secondary N) is 1. The second-order valence-electron chi connectivity index (χ2n) is 4.38. The zero-order chi connectivity index (χ0) is 14.4. The summed E-state index contributed by atoms with van der Waals surface area (Å²) in [6, 6.07) is 5.88. The van der Waals surface area contributed by atoms with Crippen LogP contribution in [0.5, 0.6) is 11.5 Å². The second kappa shape index (κ2) is 7.26. The van der Waals surface area contributed by atoms with Crippen LogP contribution in [0, 0.1) is 0 Å². The van der Waals surface area contributed by atoms with Gasteiger partial charge in [0.15, 0.2) is 0 Å². The lowest BCUT2D eigenvalue weighted by Crippen LogP contribution is -2.08. The number of rotatable bonds is 7. The molecule has 0 saturated carbocycles. The third-order valence-electron chi connectivity index (χ3n) is 2.92. The Labute approximate surface area is 123 Å². The van der Waals surface area contributed by atoms with E-state index < -0.39 is 0 Å². The van der Waals surface area contributed by atoms with Crippen LogP contribution in [0.1, 0.15) is 23.2 Å². The van der Waals surface area contributed by atoms with Crippen LogP contribution in [-0.4, -0.2) is 19.1 Å². The van der Waals surface area contributed by atoms with Crippen molar-refractivity contribution in [3.05, 3.63) is 39.8 Å². The molecular weight excluding hydrogens is 272 g/mol. The maximum absolute atomic E-state index is 5.90. The summed E-state index contributed by atoms with van der Waals surface area (Å²) in [5.74, 6) is 1.64. The van der Waals surface area contributed by atoms with Gasteiger partial charge in [-0.25, -0.2) is 4.98 Å². The van der Waals surface area contributed by atoms with Crippen molar-refractivity contribution in [2.24, 2.45) is 0 Å². The highest BCUT2D eigenvalue weighted by molar-refractivity contribution is 7.09. The first-order chi connectivity index (χ1) is 9.76. The average molecular weight is 292 g/mol. The zero-order valence-electron chi connectivity index (χ0n) is 12.1. The molecule has 0 atom stereocenters. The average Bonchev–Trinajstić information content (AvgIpc) is 2.94. The number of benzene rings is 1. The molecule has 0 radical (unpaired) electrons. The van der Waals surface area contributed by atoms with E-state index in [1.807, 2.05) is 25.2 Å². The molecule has 0 amide bonds. The zero-order valence-corrected chi connectivity index (χ0v) is 12.9. The lowest BCUT2D eigenvalue weighted by molar-refractivity contribution is 0.295. The van der Waals surface area contributed by atoms with Crippen molar-refractivity contribution >= 4 is 11.3 Å². The van der Waals surface area contributed by atoms with E-state index in [2.05, 4.69) is 22.6 Å². The number of hydrogen-bond acceptors (Lipinski definition) is 5. The van der Waals surface area contributed by atoms with Crippen LogP contribution in [0.3, 0.4) is 0 Å². The Morgan fingerprint density at radius 1 is 1.35 bits per heavy atom. The van der Waals surface area contributed by atoms with E-state index in [0.717, 1.165) is 40.7 Å². The number of aromatic nitrogens is 1. The van der Waals surface area contributed by atoms with E-state index in [1.165, 1.54) is 0 Å². The van der Waals surface area contributed by atoms with Crippen LogP contribution in [0.25, 0.3) is 0 Å². The number of hydrogen-bond donors (Lipinski definition) is 1. The second-order valence-corrected chi connectivity index (χ2v) is 5.32. The van der Waals surface area contributed by atoms with Crippen LogP contribution < -0.4 is 14.8 Å². The van der Waals surface area contributed by atoms with Gasteiger partial charge in [-0.1, -0.05) is 13.0 Å². The summed E-state index contributed by atoms with van der Waals surface area (Å²) in [6.07, 6.45) is 0.967. The molecule has 108 valence electrons. The van der Waals surface area contributed by atoms with Crippen molar-refractivity contribution in [2.75, 3.05) is 14.2 Å². The first-order valence-electron chi connectivity index (χ1n) is 6.64. The largest absolute Gasteiger partial charge is 0.497 e. The Morgan fingerprint density at radius 2 is 2.20 bits per heavy atom. The molecule has 0 bridgehead atoms. The summed E-state index contributed by atoms with van der Waals surface area (Å²) in [6.45, 7) is 3.35. The maximum Gasteiger partial charge on any atom is 0.131 e. The van der Waals surface area contributed by atoms with Crippen LogP contribution in [0.15, 0.2) is 23.6 Å². The maximum atomic E-state index is 5.90. The van der Waals surface area contributed by atoms with Crippen LogP contribution >= 0.6 is 11.3 Å². The molecule has 4 nitrogen and oxygen atoms in total. The molecule has 0 aliphatic heterocycles. The predicted molar refractivity (Wildman–Crippen MR) is 81.6 cm³/mol. The molecule has 0 aliphatic rings. The lowest BCUT2D eigenvalue weighted by Gasteiger charge is -2.12. The van der Waals surface area contributed by atoms with E-state index in [9.17, 15) is 0 Å². The Bertz CT molecular complexity index is 555. The van der Waals surface area contributed by atoms with Crippen molar-refractivity contribution in [3.63, 3.8) is 0 Å². The first kappa shape index (κ1) is 14.8. The van der Waals surface area contributed by atoms with Gasteiger partial charge < -0.3 is 14.8 Å². The third-order valence-corrected chi connectivity index (χ3v) is 3.96. The van der Waals surface area contributed by atoms with Crippen molar-refractivity contribution in [3.8, 4) is 11.5 Å². The lowest BCUT2D eigenvalue weighted by atomic mass is 10.2. The molecule has 2 aromatic rings. The molecule has 0 unspecified atom stereocenters.